The molecular formula is C22H28N2O3. The molecule has 0 spiro atoms. The zero-order chi connectivity index (χ0) is 18.9. The number of amides is 1. The van der Waals surface area contributed by atoms with Crippen molar-refractivity contribution in [3.8, 4) is 11.5 Å². The third-order valence-corrected chi connectivity index (χ3v) is 4.87. The summed E-state index contributed by atoms with van der Waals surface area (Å²) in [5, 5.41) is 2.96. The van der Waals surface area contributed by atoms with E-state index < -0.39 is 0 Å². The number of nitrogens with one attached hydrogen (secondary N) is 1. The average Bonchev–Trinajstić information content (AvgIpc) is 2.73. The van der Waals surface area contributed by atoms with E-state index in [4.69, 9.17) is 9.47 Å². The zero-order valence-electron chi connectivity index (χ0n) is 15.9. The molecule has 1 aliphatic heterocycles. The van der Waals surface area contributed by atoms with Gasteiger partial charge >= 0.3 is 0 Å². The van der Waals surface area contributed by atoms with Gasteiger partial charge in [0, 0.05) is 13.1 Å². The van der Waals surface area contributed by atoms with E-state index in [1.165, 1.54) is 30.4 Å². The Morgan fingerprint density at radius 3 is 2.33 bits per heavy atom. The number of piperidine rings is 1. The maximum atomic E-state index is 12.1. The van der Waals surface area contributed by atoms with E-state index in [2.05, 4.69) is 28.4 Å². The van der Waals surface area contributed by atoms with Crippen LogP contribution in [0.3, 0.4) is 0 Å². The van der Waals surface area contributed by atoms with Gasteiger partial charge in [-0.05, 0) is 61.3 Å². The molecule has 1 amide bonds. The SMILES string of the molecule is COc1ccc(OCC(=O)NCc2ccccc2CN2CCCCC2)cc1. The molecule has 3 rings (SSSR count). The zero-order valence-corrected chi connectivity index (χ0v) is 15.9. The van der Waals surface area contributed by atoms with Gasteiger partial charge in [0.1, 0.15) is 11.5 Å². The van der Waals surface area contributed by atoms with Crippen molar-refractivity contribution < 1.29 is 14.3 Å². The van der Waals surface area contributed by atoms with Crippen LogP contribution in [0.1, 0.15) is 30.4 Å². The lowest BCUT2D eigenvalue weighted by Crippen LogP contribution is -2.31. The number of hydrogen-bond donors (Lipinski definition) is 1. The summed E-state index contributed by atoms with van der Waals surface area (Å²) in [6.45, 7) is 3.80. The van der Waals surface area contributed by atoms with Gasteiger partial charge < -0.3 is 14.8 Å². The minimum Gasteiger partial charge on any atom is -0.497 e. The highest BCUT2D eigenvalue weighted by molar-refractivity contribution is 5.77. The molecule has 0 unspecified atom stereocenters. The minimum absolute atomic E-state index is 0.000616. The van der Waals surface area contributed by atoms with Gasteiger partial charge in [0.15, 0.2) is 6.61 Å². The molecule has 2 aromatic rings. The molecule has 144 valence electrons. The topological polar surface area (TPSA) is 50.8 Å². The molecular weight excluding hydrogens is 340 g/mol. The van der Waals surface area contributed by atoms with Crippen molar-refractivity contribution in [2.75, 3.05) is 26.8 Å². The van der Waals surface area contributed by atoms with Gasteiger partial charge in [-0.25, -0.2) is 0 Å². The Kier molecular flexibility index (Phi) is 7.11. The van der Waals surface area contributed by atoms with Crippen molar-refractivity contribution in [1.82, 2.24) is 10.2 Å². The Hall–Kier alpha value is -2.53. The maximum absolute atomic E-state index is 12.1. The normalized spacial score (nSPS) is 14.6. The lowest BCUT2D eigenvalue weighted by Gasteiger charge is -2.27. The molecule has 0 radical (unpaired) electrons. The van der Waals surface area contributed by atoms with E-state index in [-0.39, 0.29) is 12.5 Å². The maximum Gasteiger partial charge on any atom is 0.258 e. The number of methoxy groups -OCH3 is 1. The molecule has 1 heterocycles. The highest BCUT2D eigenvalue weighted by Gasteiger charge is 2.13. The standard InChI is InChI=1S/C22H28N2O3/c1-26-20-9-11-21(12-10-20)27-17-22(25)23-15-18-7-3-4-8-19(18)16-24-13-5-2-6-14-24/h3-4,7-12H,2,5-6,13-17H2,1H3,(H,23,25). The highest BCUT2D eigenvalue weighted by Crippen LogP contribution is 2.17. The first-order valence-electron chi connectivity index (χ1n) is 9.57. The number of carbonyl (C=O) groups excluding carboxylic acids is 1. The van der Waals surface area contributed by atoms with Crippen LogP contribution in [-0.4, -0.2) is 37.6 Å². The number of carbonyl (C=O) groups is 1. The number of rotatable bonds is 8. The van der Waals surface area contributed by atoms with Crippen LogP contribution in [0.25, 0.3) is 0 Å². The molecule has 0 atom stereocenters. The molecule has 5 heteroatoms. The fraction of sp³-hybridized carbons (Fsp3) is 0.409. The number of nitrogens with zero attached hydrogens (tertiary/aromatic N) is 1. The van der Waals surface area contributed by atoms with Gasteiger partial charge in [-0.2, -0.15) is 0 Å². The van der Waals surface area contributed by atoms with E-state index in [0.717, 1.165) is 25.4 Å². The number of ether oxygens (including phenoxy) is 2. The van der Waals surface area contributed by atoms with Crippen LogP contribution in [0.5, 0.6) is 11.5 Å². The summed E-state index contributed by atoms with van der Waals surface area (Å²) < 4.78 is 10.6. The lowest BCUT2D eigenvalue weighted by molar-refractivity contribution is -0.123. The van der Waals surface area contributed by atoms with Gasteiger partial charge in [-0.1, -0.05) is 30.7 Å². The van der Waals surface area contributed by atoms with Crippen molar-refractivity contribution in [3.05, 3.63) is 59.7 Å². The monoisotopic (exact) mass is 368 g/mol. The van der Waals surface area contributed by atoms with Crippen molar-refractivity contribution in [2.24, 2.45) is 0 Å². The largest absolute Gasteiger partial charge is 0.497 e. The van der Waals surface area contributed by atoms with Crippen LogP contribution in [0.4, 0.5) is 0 Å². The summed E-state index contributed by atoms with van der Waals surface area (Å²) >= 11 is 0. The van der Waals surface area contributed by atoms with Gasteiger partial charge in [0.25, 0.3) is 5.91 Å². The summed E-state index contributed by atoms with van der Waals surface area (Å²) in [4.78, 5) is 14.6. The summed E-state index contributed by atoms with van der Waals surface area (Å²) in [5.41, 5.74) is 2.46. The van der Waals surface area contributed by atoms with Gasteiger partial charge in [0.05, 0.1) is 7.11 Å². The first-order valence-corrected chi connectivity index (χ1v) is 9.57. The van der Waals surface area contributed by atoms with Crippen molar-refractivity contribution >= 4 is 5.91 Å². The molecule has 0 saturated carbocycles. The summed E-state index contributed by atoms with van der Waals surface area (Å²) in [7, 11) is 1.62. The Morgan fingerprint density at radius 2 is 1.63 bits per heavy atom. The Labute approximate surface area is 161 Å². The van der Waals surface area contributed by atoms with Gasteiger partial charge in [-0.15, -0.1) is 0 Å². The summed E-state index contributed by atoms with van der Waals surface area (Å²) in [6, 6.07) is 15.5. The average molecular weight is 368 g/mol. The molecule has 1 fully saturated rings. The van der Waals surface area contributed by atoms with Crippen LogP contribution in [0.2, 0.25) is 0 Å². The van der Waals surface area contributed by atoms with E-state index in [0.29, 0.717) is 12.3 Å². The molecule has 27 heavy (non-hydrogen) atoms. The van der Waals surface area contributed by atoms with Crippen molar-refractivity contribution in [3.63, 3.8) is 0 Å². The lowest BCUT2D eigenvalue weighted by atomic mass is 10.0. The third-order valence-electron chi connectivity index (χ3n) is 4.87. The molecule has 2 aromatic carbocycles. The second-order valence-electron chi connectivity index (χ2n) is 6.85. The van der Waals surface area contributed by atoms with Crippen LogP contribution < -0.4 is 14.8 Å². The molecule has 1 aliphatic rings. The number of benzene rings is 2. The second-order valence-corrected chi connectivity index (χ2v) is 6.85. The fourth-order valence-electron chi connectivity index (χ4n) is 3.31. The van der Waals surface area contributed by atoms with Crippen LogP contribution in [0.15, 0.2) is 48.5 Å². The molecule has 0 bridgehead atoms. The number of likely N-dealkylation sites (tertiary alicyclic amines) is 1. The molecule has 0 aliphatic carbocycles. The third kappa shape index (κ3) is 6.00. The Bertz CT molecular complexity index is 725. The Morgan fingerprint density at radius 1 is 0.963 bits per heavy atom. The number of hydrogen-bond acceptors (Lipinski definition) is 4. The van der Waals surface area contributed by atoms with E-state index in [9.17, 15) is 4.79 Å². The molecule has 1 saturated heterocycles. The first kappa shape index (κ1) is 19.2. The highest BCUT2D eigenvalue weighted by atomic mass is 16.5. The molecule has 0 aromatic heterocycles. The van der Waals surface area contributed by atoms with Crippen LogP contribution in [-0.2, 0) is 17.9 Å². The first-order chi connectivity index (χ1) is 13.2. The van der Waals surface area contributed by atoms with Crippen molar-refractivity contribution in [1.29, 1.82) is 0 Å². The van der Waals surface area contributed by atoms with Crippen LogP contribution >= 0.6 is 0 Å². The Balaban J connectivity index is 1.47. The van der Waals surface area contributed by atoms with E-state index in [1.54, 1.807) is 19.2 Å². The summed E-state index contributed by atoms with van der Waals surface area (Å²) in [5.74, 6) is 1.28. The van der Waals surface area contributed by atoms with Crippen LogP contribution in [0, 0.1) is 0 Å². The summed E-state index contributed by atoms with van der Waals surface area (Å²) in [6.07, 6.45) is 3.89. The predicted octanol–water partition coefficient (Wildman–Crippen LogP) is 3.38. The van der Waals surface area contributed by atoms with E-state index in [1.807, 2.05) is 18.2 Å². The molecule has 1 N–H and O–H groups in total. The fourth-order valence-corrected chi connectivity index (χ4v) is 3.31. The molecule has 5 nitrogen and oxygen atoms in total. The quantitative estimate of drug-likeness (QED) is 0.776. The van der Waals surface area contributed by atoms with Gasteiger partial charge in [0.2, 0.25) is 0 Å². The smallest absolute Gasteiger partial charge is 0.258 e. The minimum atomic E-state index is -0.126. The van der Waals surface area contributed by atoms with Gasteiger partial charge in [-0.3, -0.25) is 9.69 Å². The van der Waals surface area contributed by atoms with E-state index >= 15 is 0 Å². The van der Waals surface area contributed by atoms with Crippen molar-refractivity contribution in [2.45, 2.75) is 32.4 Å². The second kappa shape index (κ2) is 9.97. The predicted molar refractivity (Wildman–Crippen MR) is 106 cm³/mol.